The second kappa shape index (κ2) is 41.2. The molecule has 6 nitrogen and oxygen atoms in total. The predicted molar refractivity (Wildman–Crippen MR) is 251 cm³/mol. The average molecular weight is 819 g/mol. The third kappa shape index (κ3) is 33.6. The molecule has 0 spiro atoms. The van der Waals surface area contributed by atoms with Gasteiger partial charge in [0.2, 0.25) is 0 Å². The van der Waals surface area contributed by atoms with Gasteiger partial charge in [-0.05, 0) is 70.5 Å². The summed E-state index contributed by atoms with van der Waals surface area (Å²) < 4.78 is 12.1. The number of rotatable bonds is 43. The molecule has 0 saturated carbocycles. The van der Waals surface area contributed by atoms with E-state index in [0.717, 1.165) is 25.9 Å². The van der Waals surface area contributed by atoms with Gasteiger partial charge in [0.05, 0.1) is 26.1 Å². The number of hydrogen-bond donors (Lipinski definition) is 0. The second-order valence-electron chi connectivity index (χ2n) is 18.8. The molecule has 1 heterocycles. The molecule has 0 aromatic carbocycles. The zero-order valence-corrected chi connectivity index (χ0v) is 40.0. The van der Waals surface area contributed by atoms with Gasteiger partial charge < -0.3 is 14.4 Å². The number of unbranched alkanes of at least 4 members (excludes halogenated alkanes) is 24. The van der Waals surface area contributed by atoms with Crippen molar-refractivity contribution in [3.8, 4) is 0 Å². The van der Waals surface area contributed by atoms with Crippen molar-refractivity contribution in [1.82, 2.24) is 9.80 Å². The molecule has 0 aliphatic carbocycles. The molecule has 58 heavy (non-hydrogen) atoms. The van der Waals surface area contributed by atoms with Crippen molar-refractivity contribution in [1.29, 1.82) is 0 Å². The lowest BCUT2D eigenvalue weighted by molar-refractivity contribution is -0.146. The summed E-state index contributed by atoms with van der Waals surface area (Å²) in [4.78, 5) is 31.3. The Morgan fingerprint density at radius 2 is 0.741 bits per heavy atom. The zero-order chi connectivity index (χ0) is 42.2. The van der Waals surface area contributed by atoms with Crippen molar-refractivity contribution in [3.05, 3.63) is 0 Å². The van der Waals surface area contributed by atoms with E-state index < -0.39 is 0 Å². The molecule has 1 aliphatic heterocycles. The predicted octanol–water partition coefficient (Wildman–Crippen LogP) is 15.0. The van der Waals surface area contributed by atoms with Gasteiger partial charge in [0, 0.05) is 19.1 Å². The maximum atomic E-state index is 13.2. The third-order valence-corrected chi connectivity index (χ3v) is 13.2. The van der Waals surface area contributed by atoms with Gasteiger partial charge in [0.15, 0.2) is 0 Å². The Balaban J connectivity index is 2.63. The Labute approximate surface area is 362 Å². The van der Waals surface area contributed by atoms with Gasteiger partial charge in [0.1, 0.15) is 0 Å². The zero-order valence-electron chi connectivity index (χ0n) is 40.0. The lowest BCUT2D eigenvalue weighted by Crippen LogP contribution is -2.45. The molecule has 1 rings (SSSR count). The standard InChI is InChI=1S/C52H102N2O4/c1-6-10-14-18-22-24-28-32-36-48(34-30-26-20-16-12-8-3)46-57-51(55)40-44-54(50-38-42-53(5)43-39-50)45-41-52(56)58-47-49(35-31-27-21-17-13-9-4)37-33-29-25-23-19-15-11-7-2/h48-50H,6-47H2,1-5H3. The van der Waals surface area contributed by atoms with Crippen LogP contribution in [-0.2, 0) is 19.1 Å². The lowest BCUT2D eigenvalue weighted by Gasteiger charge is -2.37. The Hall–Kier alpha value is -1.14. The summed E-state index contributed by atoms with van der Waals surface area (Å²) in [6.45, 7) is 13.7. The third-order valence-electron chi connectivity index (χ3n) is 13.2. The van der Waals surface area contributed by atoms with E-state index in [1.54, 1.807) is 0 Å². The molecular formula is C52H102N2O4. The molecule has 1 aliphatic rings. The van der Waals surface area contributed by atoms with E-state index in [9.17, 15) is 9.59 Å². The fraction of sp³-hybridized carbons (Fsp3) is 0.962. The topological polar surface area (TPSA) is 59.1 Å². The minimum Gasteiger partial charge on any atom is -0.465 e. The average Bonchev–Trinajstić information content (AvgIpc) is 3.23. The fourth-order valence-corrected chi connectivity index (χ4v) is 9.06. The van der Waals surface area contributed by atoms with Crippen molar-refractivity contribution in [2.45, 2.75) is 265 Å². The molecule has 344 valence electrons. The van der Waals surface area contributed by atoms with Gasteiger partial charge in [-0.2, -0.15) is 0 Å². The number of likely N-dealkylation sites (tertiary alicyclic amines) is 1. The van der Waals surface area contributed by atoms with Crippen LogP contribution >= 0.6 is 0 Å². The van der Waals surface area contributed by atoms with E-state index in [2.05, 4.69) is 44.5 Å². The van der Waals surface area contributed by atoms with E-state index in [1.165, 1.54) is 205 Å². The van der Waals surface area contributed by atoms with Gasteiger partial charge in [-0.3, -0.25) is 14.5 Å². The number of carbonyl (C=O) groups excluding carboxylic acids is 2. The molecule has 0 amide bonds. The van der Waals surface area contributed by atoms with Gasteiger partial charge in [-0.15, -0.1) is 0 Å². The smallest absolute Gasteiger partial charge is 0.307 e. The van der Waals surface area contributed by atoms with E-state index in [1.807, 2.05) is 0 Å². The summed E-state index contributed by atoms with van der Waals surface area (Å²) >= 11 is 0. The van der Waals surface area contributed by atoms with Crippen LogP contribution in [0.15, 0.2) is 0 Å². The molecule has 0 bridgehead atoms. The summed E-state index contributed by atoms with van der Waals surface area (Å²) in [5.41, 5.74) is 0. The van der Waals surface area contributed by atoms with E-state index >= 15 is 0 Å². The summed E-state index contributed by atoms with van der Waals surface area (Å²) in [5, 5.41) is 0. The van der Waals surface area contributed by atoms with Crippen LogP contribution in [0.3, 0.4) is 0 Å². The van der Waals surface area contributed by atoms with Crippen molar-refractivity contribution in [2.75, 3.05) is 46.4 Å². The SMILES string of the molecule is CCCCCCCCCCC(CCCCCCCC)COC(=O)CCN(CCC(=O)OCC(CCCCCCCC)CCCCCCCCCC)C1CCN(C)CC1. The Bertz CT molecular complexity index is 831. The number of piperidine rings is 1. The largest absolute Gasteiger partial charge is 0.465 e. The van der Waals surface area contributed by atoms with Crippen LogP contribution in [0.4, 0.5) is 0 Å². The number of carbonyl (C=O) groups is 2. The Morgan fingerprint density at radius 1 is 0.466 bits per heavy atom. The first kappa shape index (κ1) is 54.9. The van der Waals surface area contributed by atoms with Crippen LogP contribution in [0, 0.1) is 11.8 Å². The van der Waals surface area contributed by atoms with Crippen LogP contribution in [0.1, 0.15) is 259 Å². The molecule has 0 N–H and O–H groups in total. The highest BCUT2D eigenvalue weighted by Crippen LogP contribution is 2.23. The highest BCUT2D eigenvalue weighted by Gasteiger charge is 2.25. The highest BCUT2D eigenvalue weighted by molar-refractivity contribution is 5.70. The van der Waals surface area contributed by atoms with E-state index in [4.69, 9.17) is 9.47 Å². The first-order chi connectivity index (χ1) is 28.4. The van der Waals surface area contributed by atoms with Crippen molar-refractivity contribution >= 4 is 11.9 Å². The number of ether oxygens (including phenoxy) is 2. The monoisotopic (exact) mass is 819 g/mol. The van der Waals surface area contributed by atoms with Crippen LogP contribution in [0.25, 0.3) is 0 Å². The van der Waals surface area contributed by atoms with Crippen LogP contribution < -0.4 is 0 Å². The normalized spacial score (nSPS) is 14.9. The molecule has 2 unspecified atom stereocenters. The summed E-state index contributed by atoms with van der Waals surface area (Å²) in [6.07, 6.45) is 44.8. The Kier molecular flexibility index (Phi) is 39.0. The maximum absolute atomic E-state index is 13.2. The molecule has 0 aromatic heterocycles. The van der Waals surface area contributed by atoms with Crippen LogP contribution in [0.5, 0.6) is 0 Å². The van der Waals surface area contributed by atoms with E-state index in [0.29, 0.717) is 57.0 Å². The summed E-state index contributed by atoms with van der Waals surface area (Å²) in [7, 11) is 2.19. The molecule has 6 heteroatoms. The van der Waals surface area contributed by atoms with Gasteiger partial charge >= 0.3 is 11.9 Å². The molecule has 0 radical (unpaired) electrons. The molecule has 2 atom stereocenters. The second-order valence-corrected chi connectivity index (χ2v) is 18.8. The minimum absolute atomic E-state index is 0.0668. The first-order valence-corrected chi connectivity index (χ1v) is 26.2. The lowest BCUT2D eigenvalue weighted by atomic mass is 9.94. The van der Waals surface area contributed by atoms with Gasteiger partial charge in [-0.25, -0.2) is 0 Å². The molecule has 0 aromatic rings. The quantitative estimate of drug-likeness (QED) is 0.0451. The molecular weight excluding hydrogens is 717 g/mol. The minimum atomic E-state index is -0.0668. The summed E-state index contributed by atoms with van der Waals surface area (Å²) in [5.74, 6) is 0.830. The van der Waals surface area contributed by atoms with Crippen LogP contribution in [-0.4, -0.2) is 74.2 Å². The van der Waals surface area contributed by atoms with E-state index in [-0.39, 0.29) is 11.9 Å². The van der Waals surface area contributed by atoms with Gasteiger partial charge in [-0.1, -0.05) is 207 Å². The number of nitrogens with zero attached hydrogens (tertiary/aromatic N) is 2. The van der Waals surface area contributed by atoms with Crippen molar-refractivity contribution in [3.63, 3.8) is 0 Å². The first-order valence-electron chi connectivity index (χ1n) is 26.2. The van der Waals surface area contributed by atoms with Gasteiger partial charge in [0.25, 0.3) is 0 Å². The highest BCUT2D eigenvalue weighted by atomic mass is 16.5. The Morgan fingerprint density at radius 3 is 1.03 bits per heavy atom. The van der Waals surface area contributed by atoms with Crippen LogP contribution in [0.2, 0.25) is 0 Å². The molecule has 1 fully saturated rings. The fourth-order valence-electron chi connectivity index (χ4n) is 9.06. The van der Waals surface area contributed by atoms with Crippen molar-refractivity contribution in [2.24, 2.45) is 11.8 Å². The molecule has 1 saturated heterocycles. The number of hydrogen-bond acceptors (Lipinski definition) is 6. The number of esters is 2. The summed E-state index contributed by atoms with van der Waals surface area (Å²) in [6, 6.07) is 0.404. The maximum Gasteiger partial charge on any atom is 0.307 e. The van der Waals surface area contributed by atoms with Crippen molar-refractivity contribution < 1.29 is 19.1 Å².